The summed E-state index contributed by atoms with van der Waals surface area (Å²) in [6, 6.07) is 10.6. The molecule has 3 fully saturated rings. The molecule has 2 saturated carbocycles. The summed E-state index contributed by atoms with van der Waals surface area (Å²) < 4.78 is 23.7. The maximum atomic E-state index is 13.4. The van der Waals surface area contributed by atoms with Crippen molar-refractivity contribution < 1.29 is 13.2 Å². The van der Waals surface area contributed by atoms with Gasteiger partial charge in [0, 0.05) is 36.0 Å². The standard InChI is InChI=1S/C28H36N4O3S2/c1-27(2,3)26-30-23(21-6-4-5-7-22(21)25(33)31-28(18-29)12-13-28)24(36-26)19-8-10-20(11-9-19)32-14-16-37(34,35)17-15-32/h8-11,21-22H,4-7,12-17H2,1-3H3,(H,31,33). The Morgan fingerprint density at radius 1 is 1.14 bits per heavy atom. The number of thiazole rings is 1. The average Bonchev–Trinajstić information content (AvgIpc) is 3.49. The van der Waals surface area contributed by atoms with Crippen molar-refractivity contribution in [3.05, 3.63) is 35.0 Å². The van der Waals surface area contributed by atoms with Crippen LogP contribution in [0, 0.1) is 17.2 Å². The number of anilines is 1. The topological polar surface area (TPSA) is 103 Å². The zero-order chi connectivity index (χ0) is 26.4. The molecule has 0 bridgehead atoms. The molecule has 1 N–H and O–H groups in total. The third-order valence-electron chi connectivity index (χ3n) is 7.91. The monoisotopic (exact) mass is 540 g/mol. The minimum atomic E-state index is -2.92. The van der Waals surface area contributed by atoms with Crippen LogP contribution in [0.1, 0.15) is 75.9 Å². The summed E-state index contributed by atoms with van der Waals surface area (Å²) in [7, 11) is -2.92. The summed E-state index contributed by atoms with van der Waals surface area (Å²) in [5, 5.41) is 13.6. The molecule has 1 aromatic carbocycles. The first-order valence-corrected chi connectivity index (χ1v) is 15.9. The van der Waals surface area contributed by atoms with Gasteiger partial charge in [0.2, 0.25) is 5.91 Å². The van der Waals surface area contributed by atoms with Gasteiger partial charge in [-0.15, -0.1) is 11.3 Å². The molecule has 37 heavy (non-hydrogen) atoms. The van der Waals surface area contributed by atoms with Gasteiger partial charge in [0.25, 0.3) is 0 Å². The van der Waals surface area contributed by atoms with Gasteiger partial charge in [-0.2, -0.15) is 5.26 Å². The van der Waals surface area contributed by atoms with Gasteiger partial charge >= 0.3 is 0 Å². The van der Waals surface area contributed by atoms with Crippen LogP contribution in [-0.2, 0) is 20.0 Å². The quantitative estimate of drug-likeness (QED) is 0.585. The molecular weight excluding hydrogens is 504 g/mol. The van der Waals surface area contributed by atoms with Gasteiger partial charge in [-0.3, -0.25) is 4.79 Å². The summed E-state index contributed by atoms with van der Waals surface area (Å²) in [6.45, 7) is 7.54. The van der Waals surface area contributed by atoms with Crippen LogP contribution < -0.4 is 10.2 Å². The first kappa shape index (κ1) is 26.2. The first-order valence-electron chi connectivity index (χ1n) is 13.3. The van der Waals surface area contributed by atoms with Crippen LogP contribution in [0.4, 0.5) is 5.69 Å². The largest absolute Gasteiger partial charge is 0.369 e. The van der Waals surface area contributed by atoms with E-state index in [1.807, 2.05) is 0 Å². The third-order valence-corrected chi connectivity index (χ3v) is 11.1. The highest BCUT2D eigenvalue weighted by Gasteiger charge is 2.47. The van der Waals surface area contributed by atoms with E-state index < -0.39 is 15.4 Å². The highest BCUT2D eigenvalue weighted by molar-refractivity contribution is 7.91. The molecular formula is C28H36N4O3S2. The van der Waals surface area contributed by atoms with E-state index in [2.05, 4.69) is 61.3 Å². The first-order chi connectivity index (χ1) is 17.5. The molecule has 1 aliphatic heterocycles. The van der Waals surface area contributed by atoms with E-state index in [4.69, 9.17) is 4.98 Å². The number of nitrogens with one attached hydrogen (secondary N) is 1. The second-order valence-electron chi connectivity index (χ2n) is 11.8. The van der Waals surface area contributed by atoms with Crippen molar-refractivity contribution >= 4 is 32.8 Å². The smallest absolute Gasteiger partial charge is 0.225 e. The van der Waals surface area contributed by atoms with Crippen LogP contribution in [0.2, 0.25) is 0 Å². The number of nitriles is 1. The van der Waals surface area contributed by atoms with Crippen molar-refractivity contribution in [2.24, 2.45) is 5.92 Å². The summed E-state index contributed by atoms with van der Waals surface area (Å²) in [4.78, 5) is 21.8. The number of benzene rings is 1. The lowest BCUT2D eigenvalue weighted by molar-refractivity contribution is -0.127. The van der Waals surface area contributed by atoms with Crippen LogP contribution in [0.15, 0.2) is 24.3 Å². The van der Waals surface area contributed by atoms with E-state index in [1.165, 1.54) is 0 Å². The summed E-state index contributed by atoms with van der Waals surface area (Å²) in [5.74, 6) is 0.234. The third kappa shape index (κ3) is 5.56. The maximum Gasteiger partial charge on any atom is 0.225 e. The molecule has 0 radical (unpaired) electrons. The fraction of sp³-hybridized carbons (Fsp3) is 0.607. The molecule has 1 amide bonds. The number of carbonyl (C=O) groups excluding carboxylic acids is 1. The zero-order valence-corrected chi connectivity index (χ0v) is 23.6. The Hall–Kier alpha value is -2.44. The highest BCUT2D eigenvalue weighted by Crippen LogP contribution is 2.46. The van der Waals surface area contributed by atoms with Crippen molar-refractivity contribution in [3.8, 4) is 16.5 Å². The molecule has 2 atom stereocenters. The fourth-order valence-corrected chi connectivity index (χ4v) is 7.80. The second kappa shape index (κ2) is 9.70. The van der Waals surface area contributed by atoms with Crippen molar-refractivity contribution in [2.75, 3.05) is 29.5 Å². The van der Waals surface area contributed by atoms with Crippen LogP contribution in [0.25, 0.3) is 10.4 Å². The second-order valence-corrected chi connectivity index (χ2v) is 15.2. The van der Waals surface area contributed by atoms with Gasteiger partial charge in [-0.1, -0.05) is 45.7 Å². The predicted octanol–water partition coefficient (Wildman–Crippen LogP) is 4.79. The molecule has 198 valence electrons. The number of nitrogens with zero attached hydrogens (tertiary/aromatic N) is 3. The normalized spacial score (nSPS) is 24.8. The van der Waals surface area contributed by atoms with Crippen molar-refractivity contribution in [3.63, 3.8) is 0 Å². The van der Waals surface area contributed by atoms with E-state index in [0.717, 1.165) is 65.4 Å². The van der Waals surface area contributed by atoms with Gasteiger partial charge in [-0.05, 0) is 43.4 Å². The zero-order valence-electron chi connectivity index (χ0n) is 21.9. The molecule has 0 spiro atoms. The van der Waals surface area contributed by atoms with E-state index in [1.54, 1.807) is 11.3 Å². The molecule has 9 heteroatoms. The Morgan fingerprint density at radius 2 is 1.78 bits per heavy atom. The molecule has 2 aliphatic carbocycles. The van der Waals surface area contributed by atoms with Gasteiger partial charge in [0.15, 0.2) is 9.84 Å². The van der Waals surface area contributed by atoms with Crippen molar-refractivity contribution in [1.82, 2.24) is 10.3 Å². The minimum absolute atomic E-state index is 0.00425. The molecule has 2 aromatic rings. The van der Waals surface area contributed by atoms with E-state index >= 15 is 0 Å². The average molecular weight is 541 g/mol. The molecule has 5 rings (SSSR count). The van der Waals surface area contributed by atoms with Gasteiger partial charge in [-0.25, -0.2) is 13.4 Å². The molecule has 2 heterocycles. The van der Waals surface area contributed by atoms with E-state index in [9.17, 15) is 18.5 Å². The van der Waals surface area contributed by atoms with Crippen LogP contribution in [0.3, 0.4) is 0 Å². The Bertz CT molecular complexity index is 1300. The number of carbonyl (C=O) groups is 1. The van der Waals surface area contributed by atoms with Gasteiger partial charge in [0.1, 0.15) is 5.54 Å². The maximum absolute atomic E-state index is 13.4. The van der Waals surface area contributed by atoms with Crippen LogP contribution >= 0.6 is 11.3 Å². The van der Waals surface area contributed by atoms with Crippen molar-refractivity contribution in [2.45, 2.75) is 76.2 Å². The Morgan fingerprint density at radius 3 is 2.38 bits per heavy atom. The number of rotatable bonds is 5. The lowest BCUT2D eigenvalue weighted by Crippen LogP contribution is -2.42. The Kier molecular flexibility index (Phi) is 6.86. The fourth-order valence-electron chi connectivity index (χ4n) is 5.40. The molecule has 3 aliphatic rings. The Labute approximate surface area is 224 Å². The summed E-state index contributed by atoms with van der Waals surface area (Å²) >= 11 is 1.71. The number of aromatic nitrogens is 1. The van der Waals surface area contributed by atoms with E-state index in [-0.39, 0.29) is 34.7 Å². The minimum Gasteiger partial charge on any atom is -0.369 e. The summed E-state index contributed by atoms with van der Waals surface area (Å²) in [6.07, 6.45) is 5.28. The van der Waals surface area contributed by atoms with Crippen LogP contribution in [0.5, 0.6) is 0 Å². The molecule has 7 nitrogen and oxygen atoms in total. The molecule has 2 unspecified atom stereocenters. The number of amides is 1. The van der Waals surface area contributed by atoms with Gasteiger partial charge < -0.3 is 10.2 Å². The SMILES string of the molecule is CC(C)(C)c1nc(C2CCCCC2C(=O)NC2(C#N)CC2)c(-c2ccc(N3CCS(=O)(=O)CC3)cc2)s1. The number of hydrogen-bond acceptors (Lipinski definition) is 7. The Balaban J connectivity index is 1.45. The van der Waals surface area contributed by atoms with E-state index in [0.29, 0.717) is 13.1 Å². The molecule has 1 saturated heterocycles. The van der Waals surface area contributed by atoms with Crippen LogP contribution in [-0.4, -0.2) is 49.4 Å². The number of sulfone groups is 1. The predicted molar refractivity (Wildman–Crippen MR) is 148 cm³/mol. The van der Waals surface area contributed by atoms with Crippen molar-refractivity contribution in [1.29, 1.82) is 5.26 Å². The lowest BCUT2D eigenvalue weighted by Gasteiger charge is -2.31. The number of hydrogen-bond donors (Lipinski definition) is 1. The summed E-state index contributed by atoms with van der Waals surface area (Å²) in [5.41, 5.74) is 2.35. The lowest BCUT2D eigenvalue weighted by atomic mass is 9.76. The van der Waals surface area contributed by atoms with Gasteiger partial charge in [0.05, 0.1) is 33.2 Å². The highest BCUT2D eigenvalue weighted by atomic mass is 32.2. The molecule has 1 aromatic heterocycles.